The molecule has 0 fully saturated rings. The number of aliphatic hydroxyl groups excluding tert-OH is 1. The monoisotopic (exact) mass is 304 g/mol. The largest absolute Gasteiger partial charge is 0.495 e. The van der Waals surface area contributed by atoms with Crippen LogP contribution in [0.25, 0.3) is 0 Å². The van der Waals surface area contributed by atoms with Gasteiger partial charge in [-0.25, -0.2) is 0 Å². The van der Waals surface area contributed by atoms with E-state index in [2.05, 4.69) is 15.9 Å². The summed E-state index contributed by atoms with van der Waals surface area (Å²) in [7, 11) is 4.72. The molecule has 4 nitrogen and oxygen atoms in total. The van der Waals surface area contributed by atoms with Crippen molar-refractivity contribution in [3.8, 4) is 17.2 Å². The van der Waals surface area contributed by atoms with Crippen LogP contribution in [0.2, 0.25) is 0 Å². The smallest absolute Gasteiger partial charge is 0.168 e. The van der Waals surface area contributed by atoms with E-state index in [0.717, 1.165) is 10.0 Å². The molecule has 17 heavy (non-hydrogen) atoms. The number of hydrogen-bond donors (Lipinski definition) is 1. The maximum Gasteiger partial charge on any atom is 0.168 e. The van der Waals surface area contributed by atoms with Crippen molar-refractivity contribution in [2.45, 2.75) is 12.8 Å². The molecule has 0 bridgehead atoms. The summed E-state index contributed by atoms with van der Waals surface area (Å²) >= 11 is 3.42. The van der Waals surface area contributed by atoms with Gasteiger partial charge in [0.1, 0.15) is 5.75 Å². The lowest BCUT2D eigenvalue weighted by Gasteiger charge is -2.20. The minimum absolute atomic E-state index is 0.00628. The number of ether oxygens (including phenoxy) is 3. The lowest BCUT2D eigenvalue weighted by molar-refractivity contribution is 0.263. The molecule has 1 aromatic rings. The summed E-state index contributed by atoms with van der Waals surface area (Å²) in [6.07, 6.45) is 0. The van der Waals surface area contributed by atoms with Crippen molar-refractivity contribution in [2.24, 2.45) is 0 Å². The molecule has 0 radical (unpaired) electrons. The zero-order valence-electron chi connectivity index (χ0n) is 10.4. The van der Waals surface area contributed by atoms with E-state index in [0.29, 0.717) is 17.2 Å². The number of aliphatic hydroxyl groups is 1. The summed E-state index contributed by atoms with van der Waals surface area (Å²) in [5.74, 6) is 1.75. The van der Waals surface area contributed by atoms with E-state index in [1.807, 2.05) is 6.92 Å². The van der Waals surface area contributed by atoms with Crippen LogP contribution < -0.4 is 14.2 Å². The van der Waals surface area contributed by atoms with Crippen LogP contribution in [0.3, 0.4) is 0 Å². The lowest BCUT2D eigenvalue weighted by atomic mass is 9.99. The van der Waals surface area contributed by atoms with E-state index in [1.165, 1.54) is 0 Å². The van der Waals surface area contributed by atoms with Gasteiger partial charge >= 0.3 is 0 Å². The van der Waals surface area contributed by atoms with Crippen LogP contribution in [0.15, 0.2) is 10.5 Å². The average Bonchev–Trinajstić information content (AvgIpc) is 2.36. The van der Waals surface area contributed by atoms with Crippen LogP contribution in [0.1, 0.15) is 18.4 Å². The van der Waals surface area contributed by atoms with Crippen LogP contribution in [-0.4, -0.2) is 33.0 Å². The molecule has 0 aliphatic carbocycles. The van der Waals surface area contributed by atoms with Crippen molar-refractivity contribution in [2.75, 3.05) is 27.9 Å². The molecular formula is C12H17BrO4. The molecule has 0 amide bonds. The highest BCUT2D eigenvalue weighted by Gasteiger charge is 2.23. The van der Waals surface area contributed by atoms with Gasteiger partial charge in [-0.2, -0.15) is 0 Å². The molecule has 1 aromatic carbocycles. The maximum atomic E-state index is 9.32. The van der Waals surface area contributed by atoms with Gasteiger partial charge < -0.3 is 19.3 Å². The van der Waals surface area contributed by atoms with Crippen molar-refractivity contribution >= 4 is 15.9 Å². The van der Waals surface area contributed by atoms with Crippen molar-refractivity contribution < 1.29 is 19.3 Å². The standard InChI is InChI=1S/C12H17BrO4/c1-7(6-14)10-11(16-3)8(13)5-9(15-2)12(10)17-4/h5,7,14H,6H2,1-4H3. The van der Waals surface area contributed by atoms with Gasteiger partial charge in [0.25, 0.3) is 0 Å². The van der Waals surface area contributed by atoms with Crippen LogP contribution >= 0.6 is 15.9 Å². The molecule has 96 valence electrons. The average molecular weight is 305 g/mol. The Morgan fingerprint density at radius 2 is 1.76 bits per heavy atom. The Morgan fingerprint density at radius 3 is 2.18 bits per heavy atom. The van der Waals surface area contributed by atoms with Crippen LogP contribution in [0.4, 0.5) is 0 Å². The minimum atomic E-state index is -0.105. The molecule has 0 heterocycles. The topological polar surface area (TPSA) is 47.9 Å². The van der Waals surface area contributed by atoms with Gasteiger partial charge in [0.2, 0.25) is 0 Å². The number of rotatable bonds is 5. The molecule has 1 rings (SSSR count). The first-order chi connectivity index (χ1) is 8.10. The molecule has 0 saturated heterocycles. The fraction of sp³-hybridized carbons (Fsp3) is 0.500. The van der Waals surface area contributed by atoms with Crippen LogP contribution in [-0.2, 0) is 0 Å². The summed E-state index contributed by atoms with van der Waals surface area (Å²) < 4.78 is 16.7. The Bertz CT molecular complexity index is 393. The Morgan fingerprint density at radius 1 is 1.18 bits per heavy atom. The van der Waals surface area contributed by atoms with Crippen molar-refractivity contribution in [3.63, 3.8) is 0 Å². The molecule has 0 saturated carbocycles. The third kappa shape index (κ3) is 2.66. The Balaban J connectivity index is 3.52. The normalized spacial score (nSPS) is 12.1. The summed E-state index contributed by atoms with van der Waals surface area (Å²) in [4.78, 5) is 0. The van der Waals surface area contributed by atoms with Gasteiger partial charge in [-0.3, -0.25) is 0 Å². The van der Waals surface area contributed by atoms with Crippen molar-refractivity contribution in [1.82, 2.24) is 0 Å². The predicted octanol–water partition coefficient (Wildman–Crippen LogP) is 2.57. The van der Waals surface area contributed by atoms with E-state index in [1.54, 1.807) is 27.4 Å². The maximum absolute atomic E-state index is 9.32. The summed E-state index contributed by atoms with van der Waals surface area (Å²) in [5.41, 5.74) is 0.795. The Kier molecular flexibility index (Phi) is 5.08. The van der Waals surface area contributed by atoms with Gasteiger partial charge in [0.15, 0.2) is 11.5 Å². The lowest BCUT2D eigenvalue weighted by Crippen LogP contribution is -2.06. The quantitative estimate of drug-likeness (QED) is 0.908. The molecule has 0 aliphatic heterocycles. The predicted molar refractivity (Wildman–Crippen MR) is 69.3 cm³/mol. The van der Waals surface area contributed by atoms with E-state index in [9.17, 15) is 5.11 Å². The second-order valence-corrected chi connectivity index (χ2v) is 4.48. The molecule has 5 heteroatoms. The van der Waals surface area contributed by atoms with Crippen LogP contribution in [0.5, 0.6) is 17.2 Å². The highest BCUT2D eigenvalue weighted by atomic mass is 79.9. The fourth-order valence-electron chi connectivity index (χ4n) is 1.72. The first-order valence-corrected chi connectivity index (χ1v) is 5.99. The van der Waals surface area contributed by atoms with Gasteiger partial charge in [-0.05, 0) is 15.9 Å². The summed E-state index contributed by atoms with van der Waals surface area (Å²) in [6, 6.07) is 1.78. The van der Waals surface area contributed by atoms with Gasteiger partial charge in [-0.15, -0.1) is 0 Å². The highest BCUT2D eigenvalue weighted by molar-refractivity contribution is 9.10. The molecular weight excluding hydrogens is 288 g/mol. The number of benzene rings is 1. The second-order valence-electron chi connectivity index (χ2n) is 3.62. The van der Waals surface area contributed by atoms with Gasteiger partial charge in [-0.1, -0.05) is 6.92 Å². The third-order valence-corrected chi connectivity index (χ3v) is 3.17. The Labute approximate surface area is 110 Å². The molecule has 0 spiro atoms. The second kappa shape index (κ2) is 6.12. The molecule has 1 atom stereocenters. The third-order valence-electron chi connectivity index (χ3n) is 2.58. The highest BCUT2D eigenvalue weighted by Crippen LogP contribution is 2.46. The first kappa shape index (κ1) is 14.1. The van der Waals surface area contributed by atoms with Gasteiger partial charge in [0.05, 0.1) is 25.8 Å². The molecule has 1 N–H and O–H groups in total. The van der Waals surface area contributed by atoms with Crippen LogP contribution in [0, 0.1) is 0 Å². The minimum Gasteiger partial charge on any atom is -0.495 e. The van der Waals surface area contributed by atoms with Crippen molar-refractivity contribution in [3.05, 3.63) is 16.1 Å². The summed E-state index contributed by atoms with van der Waals surface area (Å²) in [6.45, 7) is 1.90. The zero-order chi connectivity index (χ0) is 13.0. The number of methoxy groups -OCH3 is 3. The SMILES string of the molecule is COc1cc(Br)c(OC)c(C(C)CO)c1OC. The Hall–Kier alpha value is -0.940. The van der Waals surface area contributed by atoms with Gasteiger partial charge in [0, 0.05) is 24.2 Å². The fourth-order valence-corrected chi connectivity index (χ4v) is 2.30. The number of halogens is 1. The molecule has 0 aliphatic rings. The van der Waals surface area contributed by atoms with Crippen molar-refractivity contribution in [1.29, 1.82) is 0 Å². The van der Waals surface area contributed by atoms with E-state index < -0.39 is 0 Å². The molecule has 0 aromatic heterocycles. The first-order valence-electron chi connectivity index (χ1n) is 5.19. The number of hydrogen-bond acceptors (Lipinski definition) is 4. The molecule has 1 unspecified atom stereocenters. The van der Waals surface area contributed by atoms with E-state index in [-0.39, 0.29) is 12.5 Å². The summed E-state index contributed by atoms with van der Waals surface area (Å²) in [5, 5.41) is 9.32. The van der Waals surface area contributed by atoms with E-state index in [4.69, 9.17) is 14.2 Å². The van der Waals surface area contributed by atoms with E-state index >= 15 is 0 Å². The zero-order valence-corrected chi connectivity index (χ0v) is 12.0.